The summed E-state index contributed by atoms with van der Waals surface area (Å²) >= 11 is 0. The van der Waals surface area contributed by atoms with Gasteiger partial charge in [0.05, 0.1) is 0 Å². The Hall–Kier alpha value is -2.99. The second kappa shape index (κ2) is 11.2. The third-order valence-electron chi connectivity index (χ3n) is 6.59. The Morgan fingerprint density at radius 1 is 0.848 bits per heavy atom. The standard InChI is InChI=1S/C27H32FN3O2/c28-25-10-7-23(8-11-25)21-29-15-4-16-31(20-19-29)27(33)24-13-17-30(18-14-24)26(32)12-9-22-5-2-1-3-6-22/h1-3,5-12,24H,4,13-21H2/b12-9+. The predicted molar refractivity (Wildman–Crippen MR) is 128 cm³/mol. The molecule has 0 aromatic heterocycles. The van der Waals surface area contributed by atoms with Crippen LogP contribution in [0.1, 0.15) is 30.4 Å². The molecule has 5 nitrogen and oxygen atoms in total. The zero-order valence-electron chi connectivity index (χ0n) is 19.0. The Morgan fingerprint density at radius 3 is 2.30 bits per heavy atom. The highest BCUT2D eigenvalue weighted by molar-refractivity contribution is 5.92. The fraction of sp³-hybridized carbons (Fsp3) is 0.407. The average molecular weight is 450 g/mol. The van der Waals surface area contributed by atoms with Crippen LogP contribution in [0.5, 0.6) is 0 Å². The quantitative estimate of drug-likeness (QED) is 0.652. The van der Waals surface area contributed by atoms with Crippen LogP contribution in [0.2, 0.25) is 0 Å². The third kappa shape index (κ3) is 6.51. The molecule has 2 aliphatic rings. The van der Waals surface area contributed by atoms with Crippen LogP contribution >= 0.6 is 0 Å². The Labute approximate surface area is 195 Å². The van der Waals surface area contributed by atoms with E-state index in [4.69, 9.17) is 0 Å². The molecule has 33 heavy (non-hydrogen) atoms. The number of nitrogens with zero attached hydrogens (tertiary/aromatic N) is 3. The van der Waals surface area contributed by atoms with E-state index in [9.17, 15) is 14.0 Å². The molecule has 0 saturated carbocycles. The lowest BCUT2D eigenvalue weighted by Gasteiger charge is -2.33. The molecule has 2 saturated heterocycles. The van der Waals surface area contributed by atoms with E-state index in [2.05, 4.69) is 4.90 Å². The van der Waals surface area contributed by atoms with Crippen LogP contribution in [0, 0.1) is 11.7 Å². The Balaban J connectivity index is 1.23. The SMILES string of the molecule is O=C(/C=C/c1ccccc1)N1CCC(C(=O)N2CCCN(Cc3ccc(F)cc3)CC2)CC1. The highest BCUT2D eigenvalue weighted by Crippen LogP contribution is 2.21. The number of hydrogen-bond donors (Lipinski definition) is 0. The molecule has 6 heteroatoms. The van der Waals surface area contributed by atoms with E-state index in [0.29, 0.717) is 13.1 Å². The van der Waals surface area contributed by atoms with Crippen LogP contribution in [0.3, 0.4) is 0 Å². The van der Waals surface area contributed by atoms with Gasteiger partial charge in [-0.25, -0.2) is 4.39 Å². The van der Waals surface area contributed by atoms with Crippen LogP contribution in [0.4, 0.5) is 4.39 Å². The molecule has 0 radical (unpaired) electrons. The third-order valence-corrected chi connectivity index (χ3v) is 6.59. The zero-order chi connectivity index (χ0) is 23.0. The number of hydrogen-bond acceptors (Lipinski definition) is 3. The summed E-state index contributed by atoms with van der Waals surface area (Å²) in [7, 11) is 0. The molecule has 2 fully saturated rings. The lowest BCUT2D eigenvalue weighted by atomic mass is 9.95. The van der Waals surface area contributed by atoms with Crippen molar-refractivity contribution in [3.8, 4) is 0 Å². The van der Waals surface area contributed by atoms with E-state index >= 15 is 0 Å². The number of piperidine rings is 1. The van der Waals surface area contributed by atoms with Gasteiger partial charge in [-0.15, -0.1) is 0 Å². The lowest BCUT2D eigenvalue weighted by molar-refractivity contribution is -0.139. The lowest BCUT2D eigenvalue weighted by Crippen LogP contribution is -2.45. The molecule has 0 aliphatic carbocycles. The van der Waals surface area contributed by atoms with Crippen molar-refractivity contribution < 1.29 is 14.0 Å². The summed E-state index contributed by atoms with van der Waals surface area (Å²) in [5.74, 6) is 0.0173. The summed E-state index contributed by atoms with van der Waals surface area (Å²) in [6, 6.07) is 16.4. The number of rotatable bonds is 5. The van der Waals surface area contributed by atoms with Gasteiger partial charge in [-0.2, -0.15) is 0 Å². The molecule has 4 rings (SSSR count). The first-order chi connectivity index (χ1) is 16.1. The van der Waals surface area contributed by atoms with Crippen molar-refractivity contribution >= 4 is 17.9 Å². The van der Waals surface area contributed by atoms with Crippen molar-refractivity contribution in [1.29, 1.82) is 0 Å². The second-order valence-electron chi connectivity index (χ2n) is 8.93. The van der Waals surface area contributed by atoms with Crippen LogP contribution in [0.15, 0.2) is 60.7 Å². The van der Waals surface area contributed by atoms with Crippen LogP contribution < -0.4 is 0 Å². The largest absolute Gasteiger partial charge is 0.341 e. The van der Waals surface area contributed by atoms with Gasteiger partial charge in [-0.05, 0) is 48.6 Å². The summed E-state index contributed by atoms with van der Waals surface area (Å²) in [5.41, 5.74) is 2.10. The van der Waals surface area contributed by atoms with Crippen LogP contribution in [-0.4, -0.2) is 65.8 Å². The van der Waals surface area contributed by atoms with Crippen molar-refractivity contribution in [3.05, 3.63) is 77.6 Å². The molecular formula is C27H32FN3O2. The van der Waals surface area contributed by atoms with Gasteiger partial charge < -0.3 is 9.80 Å². The van der Waals surface area contributed by atoms with E-state index in [0.717, 1.165) is 63.1 Å². The summed E-state index contributed by atoms with van der Waals surface area (Å²) in [4.78, 5) is 31.8. The maximum atomic E-state index is 13.1. The normalized spacial score (nSPS) is 18.5. The van der Waals surface area contributed by atoms with Gasteiger partial charge in [0.1, 0.15) is 5.82 Å². The van der Waals surface area contributed by atoms with Gasteiger partial charge in [0.2, 0.25) is 11.8 Å². The number of amides is 2. The zero-order valence-corrected chi connectivity index (χ0v) is 19.0. The predicted octanol–water partition coefficient (Wildman–Crippen LogP) is 3.81. The van der Waals surface area contributed by atoms with Gasteiger partial charge in [-0.3, -0.25) is 14.5 Å². The number of carbonyl (C=O) groups excluding carboxylic acids is 2. The van der Waals surface area contributed by atoms with Crippen molar-refractivity contribution in [2.45, 2.75) is 25.8 Å². The number of halogens is 1. The van der Waals surface area contributed by atoms with E-state index in [1.165, 1.54) is 12.1 Å². The minimum absolute atomic E-state index is 0.00389. The van der Waals surface area contributed by atoms with Gasteiger partial charge >= 0.3 is 0 Å². The minimum atomic E-state index is -0.216. The van der Waals surface area contributed by atoms with Crippen molar-refractivity contribution in [2.75, 3.05) is 39.3 Å². The van der Waals surface area contributed by atoms with Gasteiger partial charge in [0.15, 0.2) is 0 Å². The van der Waals surface area contributed by atoms with Crippen LogP contribution in [0.25, 0.3) is 6.08 Å². The fourth-order valence-corrected chi connectivity index (χ4v) is 4.64. The average Bonchev–Trinajstić information content (AvgIpc) is 3.10. The first-order valence-corrected chi connectivity index (χ1v) is 11.9. The highest BCUT2D eigenvalue weighted by atomic mass is 19.1. The molecule has 2 amide bonds. The molecule has 0 atom stereocenters. The fourth-order valence-electron chi connectivity index (χ4n) is 4.64. The monoisotopic (exact) mass is 449 g/mol. The molecule has 2 aromatic rings. The van der Waals surface area contributed by atoms with Gasteiger partial charge in [0.25, 0.3) is 0 Å². The van der Waals surface area contributed by atoms with E-state index in [-0.39, 0.29) is 23.5 Å². The van der Waals surface area contributed by atoms with E-state index in [1.807, 2.05) is 58.3 Å². The molecule has 2 aliphatic heterocycles. The van der Waals surface area contributed by atoms with Crippen molar-refractivity contribution in [3.63, 3.8) is 0 Å². The van der Waals surface area contributed by atoms with Crippen LogP contribution in [-0.2, 0) is 16.1 Å². The Morgan fingerprint density at radius 2 is 1.58 bits per heavy atom. The Kier molecular flexibility index (Phi) is 7.89. The van der Waals surface area contributed by atoms with Crippen molar-refractivity contribution in [2.24, 2.45) is 5.92 Å². The first kappa shape index (κ1) is 23.2. The maximum absolute atomic E-state index is 13.1. The summed E-state index contributed by atoms with van der Waals surface area (Å²) in [6.07, 6.45) is 5.85. The topological polar surface area (TPSA) is 43.9 Å². The second-order valence-corrected chi connectivity index (χ2v) is 8.93. The summed E-state index contributed by atoms with van der Waals surface area (Å²) in [6.45, 7) is 5.28. The van der Waals surface area contributed by atoms with E-state index < -0.39 is 0 Å². The molecule has 2 aromatic carbocycles. The molecule has 0 bridgehead atoms. The molecule has 174 valence electrons. The molecule has 2 heterocycles. The molecule has 0 spiro atoms. The highest BCUT2D eigenvalue weighted by Gasteiger charge is 2.30. The summed E-state index contributed by atoms with van der Waals surface area (Å²) in [5, 5.41) is 0. The molecular weight excluding hydrogens is 417 g/mol. The van der Waals surface area contributed by atoms with E-state index in [1.54, 1.807) is 6.08 Å². The number of carbonyl (C=O) groups is 2. The van der Waals surface area contributed by atoms with Gasteiger partial charge in [0, 0.05) is 57.8 Å². The smallest absolute Gasteiger partial charge is 0.246 e. The maximum Gasteiger partial charge on any atom is 0.246 e. The van der Waals surface area contributed by atoms with Crippen molar-refractivity contribution in [1.82, 2.24) is 14.7 Å². The minimum Gasteiger partial charge on any atom is -0.341 e. The molecule has 0 N–H and O–H groups in total. The number of benzene rings is 2. The first-order valence-electron chi connectivity index (χ1n) is 11.9. The Bertz CT molecular complexity index is 953. The molecule has 0 unspecified atom stereocenters. The summed E-state index contributed by atoms with van der Waals surface area (Å²) < 4.78 is 13.1. The van der Waals surface area contributed by atoms with Gasteiger partial charge in [-0.1, -0.05) is 42.5 Å². The number of likely N-dealkylation sites (tertiary alicyclic amines) is 1.